The number of aliphatic hydroxyl groups excluding tert-OH is 1. The van der Waals surface area contributed by atoms with Crippen molar-refractivity contribution < 1.29 is 5.11 Å². The predicted octanol–water partition coefficient (Wildman–Crippen LogP) is 2.02. The van der Waals surface area contributed by atoms with Crippen LogP contribution in [0.25, 0.3) is 0 Å². The molecule has 0 aliphatic heterocycles. The van der Waals surface area contributed by atoms with Crippen molar-refractivity contribution >= 4 is 5.96 Å². The van der Waals surface area contributed by atoms with Gasteiger partial charge in [0.15, 0.2) is 5.96 Å². The van der Waals surface area contributed by atoms with Crippen LogP contribution in [0.2, 0.25) is 0 Å². The van der Waals surface area contributed by atoms with Crippen LogP contribution in [0.5, 0.6) is 0 Å². The van der Waals surface area contributed by atoms with Gasteiger partial charge in [0.1, 0.15) is 0 Å². The molecule has 4 heteroatoms. The lowest BCUT2D eigenvalue weighted by Gasteiger charge is -2.24. The first-order valence-corrected chi connectivity index (χ1v) is 7.04. The van der Waals surface area contributed by atoms with Crippen LogP contribution in [0.1, 0.15) is 24.8 Å². The van der Waals surface area contributed by atoms with Crippen molar-refractivity contribution in [3.63, 3.8) is 0 Å². The minimum atomic E-state index is -0.322. The van der Waals surface area contributed by atoms with Gasteiger partial charge in [-0.3, -0.25) is 4.99 Å². The fourth-order valence-corrected chi connectivity index (χ4v) is 2.33. The van der Waals surface area contributed by atoms with Gasteiger partial charge in [0.25, 0.3) is 0 Å². The van der Waals surface area contributed by atoms with Gasteiger partial charge in [0, 0.05) is 40.7 Å². The molecule has 1 aromatic carbocycles. The second kappa shape index (κ2) is 7.90. The van der Waals surface area contributed by atoms with E-state index in [0.29, 0.717) is 6.54 Å². The maximum absolute atomic E-state index is 9.70. The molecule has 0 saturated heterocycles. The largest absolute Gasteiger partial charge is 0.393 e. The highest BCUT2D eigenvalue weighted by Crippen LogP contribution is 2.21. The first-order valence-electron chi connectivity index (χ1n) is 7.04. The van der Waals surface area contributed by atoms with E-state index in [1.165, 1.54) is 5.56 Å². The Hall–Kier alpha value is -1.55. The van der Waals surface area contributed by atoms with Gasteiger partial charge in [-0.1, -0.05) is 30.3 Å². The number of rotatable bonds is 5. The number of guanidine groups is 1. The lowest BCUT2D eigenvalue weighted by molar-refractivity contribution is 0.175. The zero-order valence-corrected chi connectivity index (χ0v) is 13.2. The Morgan fingerprint density at radius 3 is 2.10 bits per heavy atom. The normalized spacial score (nSPS) is 13.5. The average molecular weight is 277 g/mol. The fourth-order valence-electron chi connectivity index (χ4n) is 2.33. The minimum absolute atomic E-state index is 0.242. The van der Waals surface area contributed by atoms with Gasteiger partial charge in [-0.25, -0.2) is 0 Å². The molecule has 2 atom stereocenters. The van der Waals surface area contributed by atoms with E-state index >= 15 is 0 Å². The van der Waals surface area contributed by atoms with Crippen molar-refractivity contribution in [2.75, 3.05) is 34.7 Å². The van der Waals surface area contributed by atoms with Crippen LogP contribution in [-0.2, 0) is 0 Å². The molecule has 0 amide bonds. The Labute approximate surface area is 122 Å². The van der Waals surface area contributed by atoms with Gasteiger partial charge < -0.3 is 14.9 Å². The Balaban J connectivity index is 2.88. The van der Waals surface area contributed by atoms with Crippen molar-refractivity contribution in [3.05, 3.63) is 35.9 Å². The summed E-state index contributed by atoms with van der Waals surface area (Å²) >= 11 is 0. The van der Waals surface area contributed by atoms with E-state index in [9.17, 15) is 5.11 Å². The van der Waals surface area contributed by atoms with Crippen LogP contribution in [0, 0.1) is 0 Å². The molecule has 0 saturated carbocycles. The maximum atomic E-state index is 9.70. The quantitative estimate of drug-likeness (QED) is 0.661. The third-order valence-corrected chi connectivity index (χ3v) is 3.15. The van der Waals surface area contributed by atoms with E-state index < -0.39 is 0 Å². The first-order chi connectivity index (χ1) is 9.41. The van der Waals surface area contributed by atoms with E-state index in [2.05, 4.69) is 12.1 Å². The number of aliphatic hydroxyl groups is 1. The summed E-state index contributed by atoms with van der Waals surface area (Å²) in [7, 11) is 7.96. The van der Waals surface area contributed by atoms with Gasteiger partial charge in [-0.15, -0.1) is 0 Å². The second-order valence-corrected chi connectivity index (χ2v) is 5.62. The summed E-state index contributed by atoms with van der Waals surface area (Å²) in [6, 6.07) is 10.3. The summed E-state index contributed by atoms with van der Waals surface area (Å²) in [5, 5.41) is 9.70. The van der Waals surface area contributed by atoms with Crippen molar-refractivity contribution in [1.82, 2.24) is 9.80 Å². The molecular formula is C16H27N3O. The molecule has 1 N–H and O–H groups in total. The Morgan fingerprint density at radius 1 is 1.10 bits per heavy atom. The molecule has 0 aliphatic rings. The Morgan fingerprint density at radius 2 is 1.65 bits per heavy atom. The molecule has 0 bridgehead atoms. The molecule has 2 unspecified atom stereocenters. The summed E-state index contributed by atoms with van der Waals surface area (Å²) in [4.78, 5) is 8.72. The van der Waals surface area contributed by atoms with Crippen LogP contribution in [-0.4, -0.2) is 61.7 Å². The standard InChI is InChI=1S/C16H27N3O/c1-13(20)11-15(14-9-7-6-8-10-14)12-17-16(18(2)3)19(4)5/h6-10,13,15,20H,11-12H2,1-5H3. The molecule has 0 aromatic heterocycles. The maximum Gasteiger partial charge on any atom is 0.195 e. The van der Waals surface area contributed by atoms with E-state index in [1.807, 2.05) is 63.1 Å². The fraction of sp³-hybridized carbons (Fsp3) is 0.562. The van der Waals surface area contributed by atoms with Crippen LogP contribution in [0.3, 0.4) is 0 Å². The summed E-state index contributed by atoms with van der Waals surface area (Å²) in [5.41, 5.74) is 1.23. The topological polar surface area (TPSA) is 39.1 Å². The monoisotopic (exact) mass is 277 g/mol. The van der Waals surface area contributed by atoms with Gasteiger partial charge in [0.2, 0.25) is 0 Å². The smallest absolute Gasteiger partial charge is 0.195 e. The molecule has 4 nitrogen and oxygen atoms in total. The third kappa shape index (κ3) is 5.21. The number of hydrogen-bond donors (Lipinski definition) is 1. The SMILES string of the molecule is CC(O)CC(CN=C(N(C)C)N(C)C)c1ccccc1. The molecule has 1 rings (SSSR count). The van der Waals surface area contributed by atoms with Crippen molar-refractivity contribution in [1.29, 1.82) is 0 Å². The lowest BCUT2D eigenvalue weighted by Crippen LogP contribution is -2.35. The molecule has 0 spiro atoms. The number of benzene rings is 1. The first kappa shape index (κ1) is 16.5. The van der Waals surface area contributed by atoms with Crippen LogP contribution in [0.15, 0.2) is 35.3 Å². The van der Waals surface area contributed by atoms with Gasteiger partial charge in [0.05, 0.1) is 6.10 Å². The Kier molecular flexibility index (Phi) is 6.52. The molecule has 20 heavy (non-hydrogen) atoms. The van der Waals surface area contributed by atoms with E-state index in [4.69, 9.17) is 4.99 Å². The van der Waals surface area contributed by atoms with Crippen LogP contribution in [0.4, 0.5) is 0 Å². The van der Waals surface area contributed by atoms with E-state index in [0.717, 1.165) is 12.4 Å². The predicted molar refractivity (Wildman–Crippen MR) is 85.2 cm³/mol. The van der Waals surface area contributed by atoms with Gasteiger partial charge in [-0.2, -0.15) is 0 Å². The van der Waals surface area contributed by atoms with Gasteiger partial charge in [-0.05, 0) is 18.9 Å². The Bertz CT molecular complexity index is 403. The van der Waals surface area contributed by atoms with Gasteiger partial charge >= 0.3 is 0 Å². The van der Waals surface area contributed by atoms with Crippen LogP contribution >= 0.6 is 0 Å². The summed E-state index contributed by atoms with van der Waals surface area (Å²) in [5.74, 6) is 1.18. The molecule has 0 fully saturated rings. The molecule has 0 aliphatic carbocycles. The average Bonchev–Trinajstić information content (AvgIpc) is 2.37. The zero-order chi connectivity index (χ0) is 15.1. The van der Waals surface area contributed by atoms with E-state index in [1.54, 1.807) is 0 Å². The molecule has 1 aromatic rings. The highest BCUT2D eigenvalue weighted by Gasteiger charge is 2.15. The molecule has 0 heterocycles. The highest BCUT2D eigenvalue weighted by atomic mass is 16.3. The number of nitrogens with zero attached hydrogens (tertiary/aromatic N) is 3. The summed E-state index contributed by atoms with van der Waals surface area (Å²) < 4.78 is 0. The summed E-state index contributed by atoms with van der Waals surface area (Å²) in [6.45, 7) is 2.51. The zero-order valence-electron chi connectivity index (χ0n) is 13.2. The van der Waals surface area contributed by atoms with E-state index in [-0.39, 0.29) is 12.0 Å². The number of aliphatic imine (C=N–C) groups is 1. The molecular weight excluding hydrogens is 250 g/mol. The molecule has 0 radical (unpaired) electrons. The van der Waals surface area contributed by atoms with Crippen molar-refractivity contribution in [2.45, 2.75) is 25.4 Å². The highest BCUT2D eigenvalue weighted by molar-refractivity contribution is 5.79. The molecule has 112 valence electrons. The number of hydrogen-bond acceptors (Lipinski definition) is 2. The lowest BCUT2D eigenvalue weighted by atomic mass is 9.93. The van der Waals surface area contributed by atoms with Crippen molar-refractivity contribution in [2.24, 2.45) is 4.99 Å². The summed E-state index contributed by atoms with van der Waals surface area (Å²) in [6.07, 6.45) is 0.402. The van der Waals surface area contributed by atoms with Crippen LogP contribution < -0.4 is 0 Å². The second-order valence-electron chi connectivity index (χ2n) is 5.62. The minimum Gasteiger partial charge on any atom is -0.393 e. The van der Waals surface area contributed by atoms with Crippen molar-refractivity contribution in [3.8, 4) is 0 Å². The third-order valence-electron chi connectivity index (χ3n) is 3.15.